The van der Waals surface area contributed by atoms with Gasteiger partial charge in [-0.25, -0.2) is 18.0 Å². The van der Waals surface area contributed by atoms with E-state index in [4.69, 9.17) is 9.47 Å². The zero-order chi connectivity index (χ0) is 50.4. The number of halogens is 3. The van der Waals surface area contributed by atoms with Crippen molar-refractivity contribution in [1.29, 1.82) is 0 Å². The van der Waals surface area contributed by atoms with E-state index in [1.54, 1.807) is 0 Å². The number of carbonyl (C=O) groups is 2. The van der Waals surface area contributed by atoms with Gasteiger partial charge in [0.1, 0.15) is 11.2 Å². The summed E-state index contributed by atoms with van der Waals surface area (Å²) in [5.74, 6) is 0.548. The van der Waals surface area contributed by atoms with Gasteiger partial charge < -0.3 is 44.6 Å². The van der Waals surface area contributed by atoms with Crippen LogP contribution in [0.25, 0.3) is 0 Å². The molecule has 0 radical (unpaired) electrons. The predicted molar refractivity (Wildman–Crippen MR) is 313 cm³/mol. The van der Waals surface area contributed by atoms with E-state index in [0.29, 0.717) is 23.9 Å². The number of likely N-dealkylation sites (tertiary alicyclic amines) is 2. The highest BCUT2D eigenvalue weighted by Crippen LogP contribution is 2.42. The van der Waals surface area contributed by atoms with Gasteiger partial charge in [-0.2, -0.15) is 0 Å². The summed E-state index contributed by atoms with van der Waals surface area (Å²) < 4.78 is 37.5. The molecule has 7 aliphatic heterocycles. The van der Waals surface area contributed by atoms with Crippen LogP contribution in [0.15, 0.2) is 81.7 Å². The average Bonchev–Trinajstić information content (AvgIpc) is 4.19. The first kappa shape index (κ1) is 60.0. The minimum atomic E-state index is -2.81. The van der Waals surface area contributed by atoms with Crippen LogP contribution in [0.3, 0.4) is 0 Å². The Bertz CT molecular complexity index is 2290. The van der Waals surface area contributed by atoms with E-state index in [9.17, 15) is 18.0 Å². The molecule has 17 heteroatoms. The second kappa shape index (κ2) is 25.3. The number of ether oxygens (including phenoxy) is 2. The van der Waals surface area contributed by atoms with Crippen molar-refractivity contribution in [3.63, 3.8) is 0 Å². The third kappa shape index (κ3) is 17.1. The molecule has 2 N–H and O–H groups in total. The molecule has 402 valence electrons. The molecular formula is C55H84Br2IN7O6S. The fourth-order valence-corrected chi connectivity index (χ4v) is 12.8. The second-order valence-corrected chi connectivity index (χ2v) is 27.9. The van der Waals surface area contributed by atoms with Crippen LogP contribution in [0.1, 0.15) is 94.9 Å². The number of sulfone groups is 1. The molecule has 7 saturated heterocycles. The lowest BCUT2D eigenvalue weighted by atomic mass is 9.86. The third-order valence-electron chi connectivity index (χ3n) is 14.6. The maximum Gasteiger partial charge on any atom is 0.410 e. The number of rotatable bonds is 3. The highest BCUT2D eigenvalue weighted by Gasteiger charge is 2.46. The highest BCUT2D eigenvalue weighted by molar-refractivity contribution is 14.1. The van der Waals surface area contributed by atoms with Gasteiger partial charge in [0.05, 0.1) is 11.5 Å². The molecule has 0 saturated carbocycles. The van der Waals surface area contributed by atoms with Gasteiger partial charge in [0.25, 0.3) is 0 Å². The number of hydrogen-bond acceptors (Lipinski definition) is 11. The third-order valence-corrected chi connectivity index (χ3v) is 18.0. The molecule has 0 aromatic heterocycles. The quantitative estimate of drug-likeness (QED) is 0.243. The normalized spacial score (nSPS) is 25.2. The lowest BCUT2D eigenvalue weighted by Gasteiger charge is -2.29. The van der Waals surface area contributed by atoms with Gasteiger partial charge in [-0.15, -0.1) is 0 Å². The largest absolute Gasteiger partial charge is 0.444 e. The summed E-state index contributed by atoms with van der Waals surface area (Å²) in [5, 5.41) is 6.89. The number of anilines is 3. The topological polar surface area (TPSA) is 127 Å². The van der Waals surface area contributed by atoms with Gasteiger partial charge in [-0.3, -0.25) is 0 Å². The van der Waals surface area contributed by atoms with Crippen molar-refractivity contribution < 1.29 is 27.5 Å². The first-order valence-corrected chi connectivity index (χ1v) is 29.6. The van der Waals surface area contributed by atoms with Crippen LogP contribution in [0.2, 0.25) is 0 Å². The minimum Gasteiger partial charge on any atom is -0.444 e. The van der Waals surface area contributed by atoms with Crippen molar-refractivity contribution in [3.05, 3.63) is 85.3 Å². The number of carbonyl (C=O) groups excluding carboxylic acids is 2. The summed E-state index contributed by atoms with van der Waals surface area (Å²) in [6.07, 6.45) is 6.76. The van der Waals surface area contributed by atoms with Crippen LogP contribution < -0.4 is 25.3 Å². The van der Waals surface area contributed by atoms with Crippen molar-refractivity contribution in [1.82, 2.24) is 20.4 Å². The molecular weight excluding hydrogens is 1170 g/mol. The molecule has 7 fully saturated rings. The molecule has 7 aliphatic rings. The number of benzene rings is 3. The van der Waals surface area contributed by atoms with Crippen LogP contribution in [0.5, 0.6) is 0 Å². The van der Waals surface area contributed by atoms with Crippen LogP contribution in [0, 0.1) is 19.8 Å². The summed E-state index contributed by atoms with van der Waals surface area (Å²) in [4.78, 5) is 35.0. The maximum absolute atomic E-state index is 12.3. The predicted octanol–water partition coefficient (Wildman–Crippen LogP) is 11.3. The summed E-state index contributed by atoms with van der Waals surface area (Å²) >= 11 is 9.10. The van der Waals surface area contributed by atoms with Crippen molar-refractivity contribution in [2.24, 2.45) is 16.2 Å². The summed E-state index contributed by atoms with van der Waals surface area (Å²) in [6, 6.07) is 25.3. The van der Waals surface area contributed by atoms with Gasteiger partial charge in [0.2, 0.25) is 0 Å². The van der Waals surface area contributed by atoms with Crippen molar-refractivity contribution >= 4 is 93.5 Å². The molecule has 0 aliphatic carbocycles. The standard InChI is InChI=1S/C18H25BrN2O2.C17H25N3O2S.C12H22N2O2.C6H4BrI.2CH4/c1-17(2,3)23-16(22)21-11-9-18(13-21)8-10-20(12-18)15-6-4-14(19)5-7-15;21-23(22)11-9-19(10-12-23)15-1-3-16(4-2-15)20-8-6-17(14-20)5-7-18-13-17;1-11(2,3)16-10(15)14-7-5-12(9-14)4-6-13-8-12;7-5-1-3-6(8)4-2-5;;/h4-7H,8-13H2,1-3H3;1-4,18H,5-14H2;13H,4-9H2,1-3H3;1-4H;2*1H4. The minimum absolute atomic E-state index is 0. The van der Waals surface area contributed by atoms with Crippen molar-refractivity contribution in [2.45, 2.75) is 106 Å². The molecule has 3 aromatic carbocycles. The molecule has 3 atom stereocenters. The SMILES string of the molecule is Brc1ccc(I)cc1.C.C.CC(C)(C)OC(=O)N1CCC2(CCN(c3ccc(Br)cc3)C2)C1.CC(C)(C)OC(=O)N1CCC2(CCNC2)C1.O=S1(=O)CCN(c2ccc(N3CCC4(CCNC4)C3)cc2)CC1. The molecule has 2 amide bonds. The van der Waals surface area contributed by atoms with Gasteiger partial charge in [-0.1, -0.05) is 46.7 Å². The lowest BCUT2D eigenvalue weighted by Crippen LogP contribution is -2.40. The van der Waals surface area contributed by atoms with E-state index in [-0.39, 0.29) is 49.6 Å². The van der Waals surface area contributed by atoms with Crippen LogP contribution in [0.4, 0.5) is 26.7 Å². The van der Waals surface area contributed by atoms with Crippen molar-refractivity contribution in [2.75, 3.05) is 118 Å². The Hall–Kier alpha value is -2.84. The average molecular weight is 1260 g/mol. The van der Waals surface area contributed by atoms with Gasteiger partial charge >= 0.3 is 12.2 Å². The first-order chi connectivity index (χ1) is 33.0. The van der Waals surface area contributed by atoms with E-state index >= 15 is 0 Å². The molecule has 3 aromatic rings. The Kier molecular flexibility index (Phi) is 21.1. The maximum atomic E-state index is 12.3. The van der Waals surface area contributed by atoms with E-state index in [1.807, 2.05) is 63.5 Å². The molecule has 7 heterocycles. The first-order valence-electron chi connectivity index (χ1n) is 25.1. The van der Waals surface area contributed by atoms with E-state index in [2.05, 4.69) is 140 Å². The Labute approximate surface area is 463 Å². The highest BCUT2D eigenvalue weighted by atomic mass is 127. The molecule has 72 heavy (non-hydrogen) atoms. The van der Waals surface area contributed by atoms with Crippen LogP contribution in [-0.4, -0.2) is 145 Å². The van der Waals surface area contributed by atoms with Gasteiger partial charge in [0.15, 0.2) is 9.84 Å². The lowest BCUT2D eigenvalue weighted by molar-refractivity contribution is 0.0266. The van der Waals surface area contributed by atoms with E-state index < -0.39 is 15.4 Å². The molecule has 3 unspecified atom stereocenters. The molecule has 13 nitrogen and oxygen atoms in total. The summed E-state index contributed by atoms with van der Waals surface area (Å²) in [6.45, 7) is 24.9. The Morgan fingerprint density at radius 1 is 0.528 bits per heavy atom. The van der Waals surface area contributed by atoms with Crippen LogP contribution >= 0.6 is 54.5 Å². The zero-order valence-electron chi connectivity index (χ0n) is 42.2. The summed E-state index contributed by atoms with van der Waals surface area (Å²) in [7, 11) is -2.81. The van der Waals surface area contributed by atoms with Crippen molar-refractivity contribution in [3.8, 4) is 0 Å². The van der Waals surface area contributed by atoms with Gasteiger partial charge in [-0.05, 0) is 189 Å². The molecule has 3 spiro atoms. The number of amides is 2. The fraction of sp³-hybridized carbons (Fsp3) is 0.636. The van der Waals surface area contributed by atoms with Crippen LogP contribution in [-0.2, 0) is 19.3 Å². The Balaban J connectivity index is 0.000000186. The second-order valence-electron chi connectivity index (χ2n) is 22.6. The number of nitrogens with one attached hydrogen (secondary N) is 2. The molecule has 10 rings (SSSR count). The Morgan fingerprint density at radius 3 is 1.32 bits per heavy atom. The Morgan fingerprint density at radius 2 is 0.889 bits per heavy atom. The smallest absolute Gasteiger partial charge is 0.410 e. The van der Waals surface area contributed by atoms with E-state index in [1.165, 1.54) is 34.2 Å². The number of hydrogen-bond donors (Lipinski definition) is 2. The number of nitrogens with zero attached hydrogens (tertiary/aromatic N) is 5. The monoisotopic (exact) mass is 1260 g/mol. The van der Waals surface area contributed by atoms with Gasteiger partial charge in [0, 0.05) is 124 Å². The van der Waals surface area contributed by atoms with E-state index in [0.717, 1.165) is 112 Å². The molecule has 0 bridgehead atoms. The summed E-state index contributed by atoms with van der Waals surface area (Å²) in [5.41, 5.74) is 3.93. The zero-order valence-corrected chi connectivity index (χ0v) is 48.4. The fourth-order valence-electron chi connectivity index (χ4n) is 10.7.